The first-order valence-electron chi connectivity index (χ1n) is 5.93. The third-order valence-electron chi connectivity index (χ3n) is 2.26. The smallest absolute Gasteiger partial charge is 0.341 e. The van der Waals surface area contributed by atoms with Gasteiger partial charge in [-0.2, -0.15) is 0 Å². The lowest BCUT2D eigenvalue weighted by atomic mass is 10.1. The van der Waals surface area contributed by atoms with Crippen molar-refractivity contribution in [1.29, 1.82) is 0 Å². The van der Waals surface area contributed by atoms with Crippen LogP contribution < -0.4 is 15.2 Å². The maximum absolute atomic E-state index is 11.5. The highest BCUT2D eigenvalue weighted by Gasteiger charge is 2.11. The average molecular weight is 267 g/mol. The zero-order valence-electron chi connectivity index (χ0n) is 10.7. The van der Waals surface area contributed by atoms with Gasteiger partial charge in [-0.3, -0.25) is 4.79 Å². The van der Waals surface area contributed by atoms with E-state index in [1.165, 1.54) is 18.2 Å². The Morgan fingerprint density at radius 2 is 2.00 bits per heavy atom. The van der Waals surface area contributed by atoms with E-state index in [1.807, 2.05) is 6.92 Å². The zero-order chi connectivity index (χ0) is 14.3. The molecule has 0 spiro atoms. The number of benzene rings is 1. The number of carbonyl (C=O) groups is 2. The summed E-state index contributed by atoms with van der Waals surface area (Å²) in [6.07, 6.45) is 0.785. The van der Waals surface area contributed by atoms with Crippen LogP contribution in [0.1, 0.15) is 23.7 Å². The van der Waals surface area contributed by atoms with E-state index in [0.717, 1.165) is 6.42 Å². The third kappa shape index (κ3) is 4.59. The van der Waals surface area contributed by atoms with E-state index >= 15 is 0 Å². The highest BCUT2D eigenvalue weighted by Crippen LogP contribution is 2.28. The summed E-state index contributed by atoms with van der Waals surface area (Å²) in [4.78, 5) is 22.0. The average Bonchev–Trinajstić information content (AvgIpc) is 2.42. The SMILES string of the molecule is CCCOc1cc(C(=O)CN)ccc1OCC(=O)O. The zero-order valence-corrected chi connectivity index (χ0v) is 10.7. The molecule has 0 saturated heterocycles. The lowest BCUT2D eigenvalue weighted by Gasteiger charge is -2.12. The van der Waals surface area contributed by atoms with Gasteiger partial charge in [0.05, 0.1) is 13.2 Å². The number of ketones is 1. The summed E-state index contributed by atoms with van der Waals surface area (Å²) in [6, 6.07) is 4.56. The monoisotopic (exact) mass is 267 g/mol. The Morgan fingerprint density at radius 3 is 2.58 bits per heavy atom. The van der Waals surface area contributed by atoms with Gasteiger partial charge in [0.2, 0.25) is 0 Å². The normalized spacial score (nSPS) is 10.0. The van der Waals surface area contributed by atoms with E-state index in [1.54, 1.807) is 0 Å². The van der Waals surface area contributed by atoms with Crippen molar-refractivity contribution in [3.8, 4) is 11.5 Å². The fraction of sp³-hybridized carbons (Fsp3) is 0.385. The van der Waals surface area contributed by atoms with E-state index in [-0.39, 0.29) is 12.3 Å². The van der Waals surface area contributed by atoms with Gasteiger partial charge in [-0.25, -0.2) is 4.79 Å². The van der Waals surface area contributed by atoms with Gasteiger partial charge in [0, 0.05) is 5.56 Å². The standard InChI is InChI=1S/C13H17NO5/c1-2-5-18-12-6-9(10(15)7-14)3-4-11(12)19-8-13(16)17/h3-4,6H,2,5,7-8,14H2,1H3,(H,16,17). The summed E-state index contributed by atoms with van der Waals surface area (Å²) in [5.74, 6) is -0.651. The molecule has 0 aliphatic rings. The lowest BCUT2D eigenvalue weighted by molar-refractivity contribution is -0.139. The molecule has 6 nitrogen and oxygen atoms in total. The lowest BCUT2D eigenvalue weighted by Crippen LogP contribution is -2.14. The van der Waals surface area contributed by atoms with Crippen LogP contribution in [0, 0.1) is 0 Å². The number of carboxylic acids is 1. The minimum atomic E-state index is -1.08. The van der Waals surface area contributed by atoms with E-state index in [0.29, 0.717) is 23.7 Å². The summed E-state index contributed by atoms with van der Waals surface area (Å²) in [5.41, 5.74) is 5.70. The summed E-state index contributed by atoms with van der Waals surface area (Å²) in [7, 11) is 0. The van der Waals surface area contributed by atoms with Crippen molar-refractivity contribution in [3.05, 3.63) is 23.8 Å². The number of carbonyl (C=O) groups excluding carboxylic acids is 1. The number of Topliss-reactive ketones (excluding diaryl/α,β-unsaturated/α-hetero) is 1. The van der Waals surface area contributed by atoms with Gasteiger partial charge in [0.25, 0.3) is 0 Å². The van der Waals surface area contributed by atoms with Crippen molar-refractivity contribution < 1.29 is 24.2 Å². The molecular formula is C13H17NO5. The van der Waals surface area contributed by atoms with Gasteiger partial charge in [-0.05, 0) is 24.6 Å². The molecule has 0 atom stereocenters. The second-order valence-corrected chi connectivity index (χ2v) is 3.82. The third-order valence-corrected chi connectivity index (χ3v) is 2.26. The minimum Gasteiger partial charge on any atom is -0.490 e. The molecule has 1 rings (SSSR count). The first kappa shape index (κ1) is 15.0. The van der Waals surface area contributed by atoms with E-state index in [2.05, 4.69) is 0 Å². The fourth-order valence-corrected chi connectivity index (χ4v) is 1.38. The van der Waals surface area contributed by atoms with Crippen LogP contribution >= 0.6 is 0 Å². The summed E-state index contributed by atoms with van der Waals surface area (Å²) < 4.78 is 10.5. The highest BCUT2D eigenvalue weighted by atomic mass is 16.5. The molecule has 0 fully saturated rings. The highest BCUT2D eigenvalue weighted by molar-refractivity contribution is 5.98. The second kappa shape index (κ2) is 7.38. The van der Waals surface area contributed by atoms with Crippen LogP contribution in [0.4, 0.5) is 0 Å². The first-order valence-corrected chi connectivity index (χ1v) is 5.93. The van der Waals surface area contributed by atoms with Crippen molar-refractivity contribution in [2.24, 2.45) is 5.73 Å². The second-order valence-electron chi connectivity index (χ2n) is 3.82. The Hall–Kier alpha value is -2.08. The van der Waals surface area contributed by atoms with Crippen LogP contribution in [0.3, 0.4) is 0 Å². The fourth-order valence-electron chi connectivity index (χ4n) is 1.38. The molecule has 1 aromatic carbocycles. The molecule has 0 radical (unpaired) electrons. The molecule has 0 heterocycles. The molecule has 0 aromatic heterocycles. The van der Waals surface area contributed by atoms with Crippen molar-refractivity contribution >= 4 is 11.8 Å². The van der Waals surface area contributed by atoms with Crippen LogP contribution in [0.5, 0.6) is 11.5 Å². The predicted octanol–water partition coefficient (Wildman–Crippen LogP) is 1.08. The summed E-state index contributed by atoms with van der Waals surface area (Å²) >= 11 is 0. The molecular weight excluding hydrogens is 250 g/mol. The molecule has 0 saturated carbocycles. The Kier molecular flexibility index (Phi) is 5.81. The van der Waals surface area contributed by atoms with E-state index in [4.69, 9.17) is 20.3 Å². The van der Waals surface area contributed by atoms with Crippen LogP contribution in [0.15, 0.2) is 18.2 Å². The van der Waals surface area contributed by atoms with Crippen LogP contribution in [0.2, 0.25) is 0 Å². The maximum atomic E-state index is 11.5. The van der Waals surface area contributed by atoms with Gasteiger partial charge in [0.1, 0.15) is 0 Å². The largest absolute Gasteiger partial charge is 0.490 e. The number of ether oxygens (including phenoxy) is 2. The summed E-state index contributed by atoms with van der Waals surface area (Å²) in [6.45, 7) is 1.82. The van der Waals surface area contributed by atoms with Crippen molar-refractivity contribution in [2.75, 3.05) is 19.8 Å². The van der Waals surface area contributed by atoms with Gasteiger partial charge in [0.15, 0.2) is 23.9 Å². The Balaban J connectivity index is 2.94. The van der Waals surface area contributed by atoms with E-state index in [9.17, 15) is 9.59 Å². The number of aliphatic carboxylic acids is 1. The number of carboxylic acid groups (broad SMARTS) is 1. The Labute approximate surface area is 111 Å². The molecule has 0 aliphatic carbocycles. The molecule has 0 aliphatic heterocycles. The van der Waals surface area contributed by atoms with E-state index < -0.39 is 12.6 Å². The van der Waals surface area contributed by atoms with Crippen molar-refractivity contribution in [3.63, 3.8) is 0 Å². The quantitative estimate of drug-likeness (QED) is 0.684. The topological polar surface area (TPSA) is 98.9 Å². The maximum Gasteiger partial charge on any atom is 0.341 e. The minimum absolute atomic E-state index is 0.0947. The molecule has 3 N–H and O–H groups in total. The predicted molar refractivity (Wildman–Crippen MR) is 68.7 cm³/mol. The first-order chi connectivity index (χ1) is 9.08. The molecule has 0 unspecified atom stereocenters. The molecule has 1 aromatic rings. The number of rotatable bonds is 8. The Morgan fingerprint density at radius 1 is 1.26 bits per heavy atom. The summed E-state index contributed by atoms with van der Waals surface area (Å²) in [5, 5.41) is 8.59. The van der Waals surface area contributed by atoms with Crippen LogP contribution in [0.25, 0.3) is 0 Å². The van der Waals surface area contributed by atoms with Gasteiger partial charge in [-0.1, -0.05) is 6.92 Å². The number of nitrogens with two attached hydrogens (primary N) is 1. The van der Waals surface area contributed by atoms with Gasteiger partial charge in [-0.15, -0.1) is 0 Å². The Bertz CT molecular complexity index is 458. The van der Waals surface area contributed by atoms with Crippen LogP contribution in [-0.2, 0) is 4.79 Å². The van der Waals surface area contributed by atoms with Gasteiger partial charge >= 0.3 is 5.97 Å². The number of hydrogen-bond acceptors (Lipinski definition) is 5. The van der Waals surface area contributed by atoms with Crippen molar-refractivity contribution in [2.45, 2.75) is 13.3 Å². The molecule has 0 bridgehead atoms. The molecule has 19 heavy (non-hydrogen) atoms. The molecule has 6 heteroatoms. The molecule has 0 amide bonds. The van der Waals surface area contributed by atoms with Crippen molar-refractivity contribution in [1.82, 2.24) is 0 Å². The molecule has 104 valence electrons. The van der Waals surface area contributed by atoms with Crippen LogP contribution in [-0.4, -0.2) is 36.6 Å². The van der Waals surface area contributed by atoms with Gasteiger partial charge < -0.3 is 20.3 Å². The number of hydrogen-bond donors (Lipinski definition) is 2.